The molecule has 0 bridgehead atoms. The third-order valence-electron chi connectivity index (χ3n) is 6.73. The lowest BCUT2D eigenvalue weighted by atomic mass is 9.91. The van der Waals surface area contributed by atoms with Crippen LogP contribution in [0.2, 0.25) is 0 Å². The van der Waals surface area contributed by atoms with Crippen LogP contribution < -0.4 is 19.6 Å². The van der Waals surface area contributed by atoms with Crippen LogP contribution in [0.25, 0.3) is 11.8 Å². The Balaban J connectivity index is 1.74. The van der Waals surface area contributed by atoms with Gasteiger partial charge in [-0.15, -0.1) is 0 Å². The maximum atomic E-state index is 14.0. The molecule has 2 heterocycles. The number of esters is 2. The number of ether oxygens (including phenoxy) is 2. The van der Waals surface area contributed by atoms with Crippen LogP contribution in [0.3, 0.4) is 0 Å². The van der Waals surface area contributed by atoms with Gasteiger partial charge in [0, 0.05) is 12.5 Å². The summed E-state index contributed by atoms with van der Waals surface area (Å²) in [7, 11) is 0. The third kappa shape index (κ3) is 5.83. The van der Waals surface area contributed by atoms with Gasteiger partial charge < -0.3 is 9.47 Å². The normalized spacial score (nSPS) is 15.0. The minimum atomic E-state index is -0.727. The fourth-order valence-corrected chi connectivity index (χ4v) is 5.77. The number of benzene rings is 3. The highest BCUT2D eigenvalue weighted by Crippen LogP contribution is 2.35. The first-order valence-corrected chi connectivity index (χ1v) is 14.2. The molecule has 1 atom stereocenters. The Kier molecular flexibility index (Phi) is 8.12. The summed E-state index contributed by atoms with van der Waals surface area (Å²) >= 11 is 1.26. The van der Waals surface area contributed by atoms with Crippen molar-refractivity contribution in [3.05, 3.63) is 126 Å². The molecule has 0 amide bonds. The average Bonchev–Trinajstić information content (AvgIpc) is 3.27. The average molecular weight is 567 g/mol. The van der Waals surface area contributed by atoms with Crippen LogP contribution in [0.15, 0.2) is 94.2 Å². The van der Waals surface area contributed by atoms with Gasteiger partial charge in [-0.3, -0.25) is 14.2 Å². The molecule has 208 valence electrons. The summed E-state index contributed by atoms with van der Waals surface area (Å²) in [5.74, 6) is -0.159. The van der Waals surface area contributed by atoms with Gasteiger partial charge in [0.1, 0.15) is 5.75 Å². The topological polar surface area (TPSA) is 87.0 Å². The van der Waals surface area contributed by atoms with Gasteiger partial charge >= 0.3 is 11.9 Å². The van der Waals surface area contributed by atoms with E-state index in [2.05, 4.69) is 13.8 Å². The van der Waals surface area contributed by atoms with E-state index >= 15 is 0 Å². The largest absolute Gasteiger partial charge is 0.463 e. The zero-order chi connectivity index (χ0) is 29.1. The Hall–Kier alpha value is -4.56. The minimum Gasteiger partial charge on any atom is -0.463 e. The molecule has 1 aliphatic heterocycles. The molecule has 41 heavy (non-hydrogen) atoms. The second-order valence-electron chi connectivity index (χ2n) is 9.92. The van der Waals surface area contributed by atoms with Crippen LogP contribution in [0.5, 0.6) is 5.75 Å². The Morgan fingerprint density at radius 2 is 1.68 bits per heavy atom. The van der Waals surface area contributed by atoms with E-state index in [1.54, 1.807) is 41.8 Å². The lowest BCUT2D eigenvalue weighted by Gasteiger charge is -2.26. The Morgan fingerprint density at radius 1 is 1.00 bits per heavy atom. The second-order valence-corrected chi connectivity index (χ2v) is 10.9. The molecule has 7 nitrogen and oxygen atoms in total. The van der Waals surface area contributed by atoms with Crippen molar-refractivity contribution in [1.29, 1.82) is 0 Å². The summed E-state index contributed by atoms with van der Waals surface area (Å²) in [4.78, 5) is 44.2. The highest BCUT2D eigenvalue weighted by molar-refractivity contribution is 7.07. The fraction of sp³-hybridized carbons (Fsp3) is 0.212. The summed E-state index contributed by atoms with van der Waals surface area (Å²) in [5.41, 5.74) is 4.02. The Morgan fingerprint density at radius 3 is 2.29 bits per heavy atom. The molecular formula is C33H30N2O5S. The summed E-state index contributed by atoms with van der Waals surface area (Å²) in [6.45, 7) is 7.53. The molecule has 0 unspecified atom stereocenters. The Labute approximate surface area is 241 Å². The lowest BCUT2D eigenvalue weighted by Crippen LogP contribution is -2.40. The van der Waals surface area contributed by atoms with E-state index in [0.717, 1.165) is 22.3 Å². The minimum absolute atomic E-state index is 0.192. The van der Waals surface area contributed by atoms with Crippen LogP contribution in [-0.2, 0) is 14.3 Å². The first kappa shape index (κ1) is 28.0. The van der Waals surface area contributed by atoms with Crippen LogP contribution in [-0.4, -0.2) is 23.1 Å². The zero-order valence-corrected chi connectivity index (χ0v) is 24.1. The quantitative estimate of drug-likeness (QED) is 0.233. The van der Waals surface area contributed by atoms with Crippen molar-refractivity contribution in [2.45, 2.75) is 39.7 Å². The number of nitrogens with zero attached hydrogens (tertiary/aromatic N) is 2. The number of hydrogen-bond donors (Lipinski definition) is 0. The van der Waals surface area contributed by atoms with Gasteiger partial charge in [-0.2, -0.15) is 0 Å². The van der Waals surface area contributed by atoms with E-state index in [1.807, 2.05) is 54.6 Å². The van der Waals surface area contributed by atoms with E-state index in [9.17, 15) is 14.4 Å². The molecular weight excluding hydrogens is 536 g/mol. The van der Waals surface area contributed by atoms with Crippen LogP contribution >= 0.6 is 11.3 Å². The molecule has 0 saturated carbocycles. The maximum Gasteiger partial charge on any atom is 0.338 e. The van der Waals surface area contributed by atoms with Gasteiger partial charge in [-0.1, -0.05) is 91.9 Å². The molecule has 3 aromatic carbocycles. The third-order valence-corrected chi connectivity index (χ3v) is 7.71. The molecule has 0 fully saturated rings. The van der Waals surface area contributed by atoms with Crippen LogP contribution in [0, 0.1) is 0 Å². The summed E-state index contributed by atoms with van der Waals surface area (Å²) in [6.07, 6.45) is 1.77. The highest BCUT2D eigenvalue weighted by atomic mass is 32.1. The summed E-state index contributed by atoms with van der Waals surface area (Å²) < 4.78 is 12.7. The lowest BCUT2D eigenvalue weighted by molar-refractivity contribution is -0.139. The molecule has 1 aromatic heterocycles. The summed E-state index contributed by atoms with van der Waals surface area (Å²) in [6, 6.07) is 23.7. The van der Waals surface area contributed by atoms with Crippen molar-refractivity contribution in [1.82, 2.24) is 4.57 Å². The van der Waals surface area contributed by atoms with E-state index in [-0.39, 0.29) is 12.2 Å². The number of rotatable bonds is 7. The zero-order valence-electron chi connectivity index (χ0n) is 23.3. The van der Waals surface area contributed by atoms with Crippen molar-refractivity contribution in [3.63, 3.8) is 0 Å². The maximum absolute atomic E-state index is 14.0. The van der Waals surface area contributed by atoms with E-state index in [4.69, 9.17) is 14.5 Å². The second kappa shape index (κ2) is 11.9. The van der Waals surface area contributed by atoms with Crippen molar-refractivity contribution in [2.24, 2.45) is 4.99 Å². The molecule has 0 spiro atoms. The number of fused-ring (bicyclic) bond motifs is 1. The molecule has 8 heteroatoms. The van der Waals surface area contributed by atoms with E-state index < -0.39 is 18.0 Å². The van der Waals surface area contributed by atoms with E-state index in [1.165, 1.54) is 18.3 Å². The van der Waals surface area contributed by atoms with Gasteiger partial charge in [-0.25, -0.2) is 9.79 Å². The van der Waals surface area contributed by atoms with Crippen molar-refractivity contribution >= 4 is 35.0 Å². The number of carbonyl (C=O) groups excluding carboxylic acids is 2. The monoisotopic (exact) mass is 566 g/mol. The number of carbonyl (C=O) groups is 2. The van der Waals surface area contributed by atoms with E-state index in [0.29, 0.717) is 32.3 Å². The van der Waals surface area contributed by atoms with Gasteiger partial charge in [-0.05, 0) is 47.7 Å². The van der Waals surface area contributed by atoms with Crippen LogP contribution in [0.4, 0.5) is 0 Å². The van der Waals surface area contributed by atoms with Gasteiger partial charge in [0.05, 0.1) is 28.5 Å². The number of thiazole rings is 1. The first-order chi connectivity index (χ1) is 19.8. The first-order valence-electron chi connectivity index (χ1n) is 13.4. The number of hydrogen-bond acceptors (Lipinski definition) is 7. The SMILES string of the molecule is CCOC(=O)C1=C(c2ccccc2)N=c2s/c(=C\c3ccc(OC(C)=O)cc3)c(=O)n2[C@@H]1c1ccc(C(C)C)cc1. The molecule has 0 N–H and O–H groups in total. The standard InChI is InChI=1S/C33H30N2O5S/c1-5-39-32(38)28-29(24-9-7-6-8-10-24)34-33-35(30(28)25-15-13-23(14-16-25)20(2)3)31(37)27(41-33)19-22-11-17-26(18-12-22)40-21(4)36/h6-20,30H,5H2,1-4H3/b27-19-/t30-/m1/s1. The van der Waals surface area contributed by atoms with Gasteiger partial charge in [0.25, 0.3) is 5.56 Å². The Bertz CT molecular complexity index is 1800. The van der Waals surface area contributed by atoms with Crippen molar-refractivity contribution in [3.8, 4) is 5.75 Å². The van der Waals surface area contributed by atoms with Gasteiger partial charge in [0.15, 0.2) is 4.80 Å². The molecule has 0 radical (unpaired) electrons. The molecule has 0 saturated heterocycles. The fourth-order valence-electron chi connectivity index (χ4n) is 4.77. The molecule has 0 aliphatic carbocycles. The highest BCUT2D eigenvalue weighted by Gasteiger charge is 2.35. The van der Waals surface area contributed by atoms with Crippen LogP contribution in [0.1, 0.15) is 61.9 Å². The van der Waals surface area contributed by atoms with Gasteiger partial charge in [0.2, 0.25) is 0 Å². The smallest absolute Gasteiger partial charge is 0.338 e. The molecule has 1 aliphatic rings. The number of aromatic nitrogens is 1. The molecule has 4 aromatic rings. The van der Waals surface area contributed by atoms with Crippen molar-refractivity contribution in [2.75, 3.05) is 6.61 Å². The predicted octanol–water partition coefficient (Wildman–Crippen LogP) is 4.98. The van der Waals surface area contributed by atoms with Crippen molar-refractivity contribution < 1.29 is 19.1 Å². The predicted molar refractivity (Wildman–Crippen MR) is 159 cm³/mol. The molecule has 5 rings (SSSR count). The summed E-state index contributed by atoms with van der Waals surface area (Å²) in [5, 5.41) is 0.